The van der Waals surface area contributed by atoms with Gasteiger partial charge in [-0.2, -0.15) is 0 Å². The van der Waals surface area contributed by atoms with Crippen molar-refractivity contribution < 1.29 is 0 Å². The van der Waals surface area contributed by atoms with Crippen LogP contribution in [-0.2, 0) is 6.54 Å². The molecule has 0 bridgehead atoms. The van der Waals surface area contributed by atoms with Crippen LogP contribution in [0.2, 0.25) is 0 Å². The topological polar surface area (TPSA) is 62.4 Å². The van der Waals surface area contributed by atoms with Crippen LogP contribution in [0.3, 0.4) is 0 Å². The summed E-state index contributed by atoms with van der Waals surface area (Å²) in [6.07, 6.45) is 0. The maximum atomic E-state index is 5.73. The summed E-state index contributed by atoms with van der Waals surface area (Å²) in [5.41, 5.74) is 9.21. The van der Waals surface area contributed by atoms with Gasteiger partial charge in [0.25, 0.3) is 0 Å². The van der Waals surface area contributed by atoms with E-state index in [4.69, 9.17) is 5.73 Å². The Morgan fingerprint density at radius 3 is 2.81 bits per heavy atom. The number of nitrogens with one attached hydrogen (secondary N) is 2. The Bertz CT molecular complexity index is 371. The van der Waals surface area contributed by atoms with Crippen LogP contribution < -0.4 is 16.4 Å². The average molecular weight is 220 g/mol. The molecule has 0 radical (unpaired) electrons. The first-order chi connectivity index (χ1) is 7.69. The number of nitrogens with zero attached hydrogens (tertiary/aromatic N) is 1. The van der Waals surface area contributed by atoms with Gasteiger partial charge in [-0.05, 0) is 38.1 Å². The largest absolute Gasteiger partial charge is 0.370 e. The molecule has 0 atom stereocenters. The van der Waals surface area contributed by atoms with Crippen molar-refractivity contribution in [2.45, 2.75) is 20.4 Å². The molecule has 0 aromatic heterocycles. The van der Waals surface area contributed by atoms with Crippen LogP contribution in [0.5, 0.6) is 0 Å². The molecule has 1 aromatic carbocycles. The van der Waals surface area contributed by atoms with Crippen LogP contribution in [0.25, 0.3) is 0 Å². The van der Waals surface area contributed by atoms with Crippen molar-refractivity contribution in [3.8, 4) is 0 Å². The molecule has 0 saturated heterocycles. The summed E-state index contributed by atoms with van der Waals surface area (Å²) in [7, 11) is 1.94. The Hall–Kier alpha value is -1.55. The first-order valence-corrected chi connectivity index (χ1v) is 5.49. The monoisotopic (exact) mass is 220 g/mol. The zero-order valence-electron chi connectivity index (χ0n) is 10.2. The highest BCUT2D eigenvalue weighted by Crippen LogP contribution is 2.18. The quantitative estimate of drug-likeness (QED) is 0.532. The molecule has 0 amide bonds. The van der Waals surface area contributed by atoms with E-state index in [0.29, 0.717) is 12.5 Å². The van der Waals surface area contributed by atoms with Gasteiger partial charge in [-0.15, -0.1) is 0 Å². The van der Waals surface area contributed by atoms with E-state index in [1.165, 1.54) is 11.1 Å². The molecule has 0 aliphatic carbocycles. The lowest BCUT2D eigenvalue weighted by atomic mass is 10.1. The molecule has 0 fully saturated rings. The summed E-state index contributed by atoms with van der Waals surface area (Å²) in [6, 6.07) is 6.12. The molecule has 0 aliphatic rings. The molecular formula is C12H20N4. The van der Waals surface area contributed by atoms with Gasteiger partial charge in [-0.25, -0.2) is 0 Å². The van der Waals surface area contributed by atoms with Gasteiger partial charge in [0, 0.05) is 18.8 Å². The molecule has 4 nitrogen and oxygen atoms in total. The van der Waals surface area contributed by atoms with Crippen molar-refractivity contribution in [1.82, 2.24) is 5.32 Å². The molecule has 1 aromatic rings. The zero-order chi connectivity index (χ0) is 12.0. The number of nitrogens with two attached hydrogens (primary N) is 1. The summed E-state index contributed by atoms with van der Waals surface area (Å²) < 4.78 is 0. The molecule has 0 heterocycles. The summed E-state index contributed by atoms with van der Waals surface area (Å²) >= 11 is 0. The second-order valence-electron chi connectivity index (χ2n) is 3.60. The highest BCUT2D eigenvalue weighted by atomic mass is 15.1. The summed E-state index contributed by atoms with van der Waals surface area (Å²) in [5, 5.41) is 6.25. The number of benzene rings is 1. The normalized spacial score (nSPS) is 11.6. The first-order valence-electron chi connectivity index (χ1n) is 5.49. The second-order valence-corrected chi connectivity index (χ2v) is 3.60. The Labute approximate surface area is 97.0 Å². The molecule has 88 valence electrons. The van der Waals surface area contributed by atoms with Gasteiger partial charge in [-0.3, -0.25) is 4.99 Å². The van der Waals surface area contributed by atoms with Gasteiger partial charge in [-0.1, -0.05) is 12.1 Å². The maximum absolute atomic E-state index is 5.73. The van der Waals surface area contributed by atoms with Crippen LogP contribution >= 0.6 is 0 Å². The fourth-order valence-electron chi connectivity index (χ4n) is 1.55. The minimum atomic E-state index is 0.465. The van der Waals surface area contributed by atoms with Gasteiger partial charge in [0.15, 0.2) is 5.96 Å². The molecular weight excluding hydrogens is 200 g/mol. The van der Waals surface area contributed by atoms with Crippen LogP contribution in [0, 0.1) is 6.92 Å². The lowest BCUT2D eigenvalue weighted by Gasteiger charge is -2.12. The molecule has 4 N–H and O–H groups in total. The minimum absolute atomic E-state index is 0.465. The van der Waals surface area contributed by atoms with Crippen molar-refractivity contribution in [2.24, 2.45) is 10.7 Å². The minimum Gasteiger partial charge on any atom is -0.370 e. The van der Waals surface area contributed by atoms with Crippen LogP contribution in [0.15, 0.2) is 23.2 Å². The number of anilines is 1. The van der Waals surface area contributed by atoms with E-state index in [2.05, 4.69) is 28.6 Å². The van der Waals surface area contributed by atoms with E-state index < -0.39 is 0 Å². The fraction of sp³-hybridized carbons (Fsp3) is 0.417. The second kappa shape index (κ2) is 6.12. The fourth-order valence-corrected chi connectivity index (χ4v) is 1.55. The van der Waals surface area contributed by atoms with Gasteiger partial charge < -0.3 is 16.4 Å². The van der Waals surface area contributed by atoms with Gasteiger partial charge >= 0.3 is 0 Å². The van der Waals surface area contributed by atoms with Gasteiger partial charge in [0.1, 0.15) is 0 Å². The molecule has 0 unspecified atom stereocenters. The van der Waals surface area contributed by atoms with Crippen LogP contribution in [0.1, 0.15) is 18.1 Å². The van der Waals surface area contributed by atoms with E-state index in [-0.39, 0.29) is 0 Å². The number of hydrogen-bond acceptors (Lipinski definition) is 2. The van der Waals surface area contributed by atoms with Gasteiger partial charge in [0.2, 0.25) is 0 Å². The number of guanidine groups is 1. The Morgan fingerprint density at radius 2 is 2.19 bits per heavy atom. The number of aliphatic imine (C=N–C) groups is 1. The Balaban J connectivity index is 2.88. The van der Waals surface area contributed by atoms with Crippen molar-refractivity contribution >= 4 is 11.6 Å². The smallest absolute Gasteiger partial charge is 0.193 e. The van der Waals surface area contributed by atoms with Crippen LogP contribution in [-0.4, -0.2) is 19.6 Å². The third kappa shape index (κ3) is 3.24. The lowest BCUT2D eigenvalue weighted by Crippen LogP contribution is -2.23. The first kappa shape index (κ1) is 12.5. The van der Waals surface area contributed by atoms with E-state index in [1.54, 1.807) is 0 Å². The van der Waals surface area contributed by atoms with Crippen molar-refractivity contribution in [3.05, 3.63) is 29.3 Å². The molecule has 0 saturated carbocycles. The summed E-state index contributed by atoms with van der Waals surface area (Å²) in [6.45, 7) is 5.58. The average Bonchev–Trinajstić information content (AvgIpc) is 2.24. The third-order valence-electron chi connectivity index (χ3n) is 2.40. The summed E-state index contributed by atoms with van der Waals surface area (Å²) in [4.78, 5) is 4.10. The maximum Gasteiger partial charge on any atom is 0.193 e. The van der Waals surface area contributed by atoms with Crippen LogP contribution in [0.4, 0.5) is 5.69 Å². The highest BCUT2D eigenvalue weighted by Gasteiger charge is 2.03. The van der Waals surface area contributed by atoms with Gasteiger partial charge in [0.05, 0.1) is 0 Å². The molecule has 1 rings (SSSR count). The highest BCUT2D eigenvalue weighted by molar-refractivity contribution is 5.93. The predicted molar refractivity (Wildman–Crippen MR) is 69.7 cm³/mol. The van der Waals surface area contributed by atoms with Crippen molar-refractivity contribution in [3.63, 3.8) is 0 Å². The van der Waals surface area contributed by atoms with E-state index in [1.807, 2.05) is 26.1 Å². The number of hydrogen-bond donors (Lipinski definition) is 3. The summed E-state index contributed by atoms with van der Waals surface area (Å²) in [5.74, 6) is 0.465. The van der Waals surface area contributed by atoms with Crippen molar-refractivity contribution in [2.75, 3.05) is 18.9 Å². The standard InChI is InChI=1S/C12H20N4/c1-4-15-12(13)16-11-7-5-6-10(8-14-3)9(11)2/h5-7,14H,4,8H2,1-3H3,(H3,13,15,16). The Morgan fingerprint density at radius 1 is 1.44 bits per heavy atom. The molecule has 16 heavy (non-hydrogen) atoms. The number of rotatable bonds is 4. The lowest BCUT2D eigenvalue weighted by molar-refractivity contribution is 0.812. The molecule has 0 spiro atoms. The SMILES string of the molecule is CCN=C(N)Nc1cccc(CNC)c1C. The Kier molecular flexibility index (Phi) is 4.79. The molecule has 0 aliphatic heterocycles. The van der Waals surface area contributed by atoms with E-state index in [9.17, 15) is 0 Å². The molecule has 4 heteroatoms. The zero-order valence-corrected chi connectivity index (χ0v) is 10.2. The van der Waals surface area contributed by atoms with Crippen molar-refractivity contribution in [1.29, 1.82) is 0 Å². The van der Waals surface area contributed by atoms with E-state index >= 15 is 0 Å². The predicted octanol–water partition coefficient (Wildman–Crippen LogP) is 1.46. The third-order valence-corrected chi connectivity index (χ3v) is 2.40. The van der Waals surface area contributed by atoms with E-state index in [0.717, 1.165) is 12.2 Å².